The van der Waals surface area contributed by atoms with Crippen LogP contribution >= 0.6 is 24.0 Å². The Labute approximate surface area is 172 Å². The number of hydrogen-bond acceptors (Lipinski definition) is 3. The van der Waals surface area contributed by atoms with Gasteiger partial charge < -0.3 is 20.8 Å². The number of halogens is 1. The van der Waals surface area contributed by atoms with Crippen LogP contribution in [-0.2, 0) is 11.2 Å². The van der Waals surface area contributed by atoms with E-state index in [0.29, 0.717) is 5.96 Å². The predicted molar refractivity (Wildman–Crippen MR) is 118 cm³/mol. The highest BCUT2D eigenvalue weighted by Crippen LogP contribution is 2.18. The first kappa shape index (κ1) is 21.0. The molecule has 0 spiro atoms. The summed E-state index contributed by atoms with van der Waals surface area (Å²) in [7, 11) is 0. The summed E-state index contributed by atoms with van der Waals surface area (Å²) in [6.45, 7) is 6.50. The fraction of sp³-hybridized carbons (Fsp3) is 0.526. The summed E-state index contributed by atoms with van der Waals surface area (Å²) >= 11 is 0. The number of aromatic amines is 1. The zero-order valence-electron chi connectivity index (χ0n) is 15.2. The predicted octanol–water partition coefficient (Wildman–Crippen LogP) is 2.35. The maximum atomic E-state index is 5.94. The lowest BCUT2D eigenvalue weighted by molar-refractivity contribution is 0.0376. The van der Waals surface area contributed by atoms with Gasteiger partial charge in [-0.15, -0.1) is 24.0 Å². The number of para-hydroxylation sites is 1. The quantitative estimate of drug-likeness (QED) is 0.239. The van der Waals surface area contributed by atoms with E-state index in [1.807, 2.05) is 0 Å². The third-order valence-corrected chi connectivity index (χ3v) is 4.62. The van der Waals surface area contributed by atoms with Crippen molar-refractivity contribution in [1.29, 1.82) is 0 Å². The summed E-state index contributed by atoms with van der Waals surface area (Å²) in [6, 6.07) is 8.40. The summed E-state index contributed by atoms with van der Waals surface area (Å²) in [5.41, 5.74) is 8.49. The summed E-state index contributed by atoms with van der Waals surface area (Å²) < 4.78 is 5.35. The second-order valence-electron chi connectivity index (χ2n) is 6.46. The maximum Gasteiger partial charge on any atom is 0.188 e. The van der Waals surface area contributed by atoms with Gasteiger partial charge in [-0.2, -0.15) is 0 Å². The highest BCUT2D eigenvalue weighted by molar-refractivity contribution is 14.0. The van der Waals surface area contributed by atoms with Crippen molar-refractivity contribution in [2.45, 2.75) is 19.3 Å². The lowest BCUT2D eigenvalue weighted by Crippen LogP contribution is -2.39. The fourth-order valence-electron chi connectivity index (χ4n) is 3.21. The number of aliphatic imine (C=N–C) groups is 1. The van der Waals surface area contributed by atoms with E-state index >= 15 is 0 Å². The normalized spacial score (nSPS) is 15.8. The van der Waals surface area contributed by atoms with Crippen molar-refractivity contribution in [3.05, 3.63) is 36.0 Å². The minimum Gasteiger partial charge on any atom is -0.379 e. The molecule has 0 radical (unpaired) electrons. The Bertz CT molecular complexity index is 681. The average Bonchev–Trinajstić information content (AvgIpc) is 3.06. The van der Waals surface area contributed by atoms with Gasteiger partial charge in [-0.3, -0.25) is 9.89 Å². The van der Waals surface area contributed by atoms with Gasteiger partial charge in [-0.25, -0.2) is 0 Å². The molecule has 1 aliphatic heterocycles. The molecule has 4 N–H and O–H groups in total. The number of aromatic nitrogens is 1. The molecule has 1 saturated heterocycles. The molecular formula is C19H30IN5O. The summed E-state index contributed by atoms with van der Waals surface area (Å²) in [6.07, 6.45) is 5.18. The average molecular weight is 471 g/mol. The number of benzene rings is 1. The number of guanidine groups is 1. The molecule has 3 rings (SSSR count). The van der Waals surface area contributed by atoms with Crippen molar-refractivity contribution in [3.63, 3.8) is 0 Å². The van der Waals surface area contributed by atoms with Crippen LogP contribution in [0.1, 0.15) is 18.4 Å². The van der Waals surface area contributed by atoms with Crippen molar-refractivity contribution in [3.8, 4) is 0 Å². The molecule has 0 saturated carbocycles. The molecule has 1 aliphatic rings. The number of nitrogens with two attached hydrogens (primary N) is 1. The number of morpholine rings is 1. The van der Waals surface area contributed by atoms with Gasteiger partial charge in [0.25, 0.3) is 0 Å². The van der Waals surface area contributed by atoms with Crippen LogP contribution in [0.15, 0.2) is 35.5 Å². The Hall–Kier alpha value is -1.32. The van der Waals surface area contributed by atoms with E-state index in [2.05, 4.69) is 50.7 Å². The molecule has 26 heavy (non-hydrogen) atoms. The van der Waals surface area contributed by atoms with Gasteiger partial charge in [0.15, 0.2) is 5.96 Å². The monoisotopic (exact) mass is 471 g/mol. The van der Waals surface area contributed by atoms with Gasteiger partial charge in [0.1, 0.15) is 0 Å². The molecule has 6 nitrogen and oxygen atoms in total. The minimum absolute atomic E-state index is 0. The molecule has 0 atom stereocenters. The van der Waals surface area contributed by atoms with E-state index in [1.165, 1.54) is 16.5 Å². The Kier molecular flexibility index (Phi) is 9.21. The van der Waals surface area contributed by atoms with Gasteiger partial charge in [0, 0.05) is 43.3 Å². The summed E-state index contributed by atoms with van der Waals surface area (Å²) in [5.74, 6) is 0.556. The number of nitrogens with one attached hydrogen (secondary N) is 2. The van der Waals surface area contributed by atoms with Gasteiger partial charge in [-0.1, -0.05) is 18.2 Å². The van der Waals surface area contributed by atoms with Crippen LogP contribution in [0.25, 0.3) is 10.9 Å². The highest BCUT2D eigenvalue weighted by atomic mass is 127. The summed E-state index contributed by atoms with van der Waals surface area (Å²) in [5, 5.41) is 4.52. The lowest BCUT2D eigenvalue weighted by atomic mass is 10.1. The van der Waals surface area contributed by atoms with E-state index < -0.39 is 0 Å². The maximum absolute atomic E-state index is 5.94. The zero-order valence-corrected chi connectivity index (χ0v) is 17.6. The van der Waals surface area contributed by atoms with Gasteiger partial charge in [-0.05, 0) is 37.4 Å². The molecule has 0 aliphatic carbocycles. The van der Waals surface area contributed by atoms with Crippen LogP contribution < -0.4 is 11.1 Å². The van der Waals surface area contributed by atoms with Crippen molar-refractivity contribution in [2.75, 3.05) is 45.9 Å². The molecule has 2 aromatic rings. The molecule has 0 unspecified atom stereocenters. The van der Waals surface area contributed by atoms with Crippen LogP contribution in [0.4, 0.5) is 0 Å². The molecule has 1 aromatic heterocycles. The van der Waals surface area contributed by atoms with E-state index in [4.69, 9.17) is 10.5 Å². The highest BCUT2D eigenvalue weighted by Gasteiger charge is 2.09. The first-order valence-corrected chi connectivity index (χ1v) is 9.22. The SMILES string of the molecule is I.NC(=NCCCc1c[nH]c2ccccc12)NCCCN1CCOCC1. The first-order chi connectivity index (χ1) is 12.3. The van der Waals surface area contributed by atoms with E-state index in [9.17, 15) is 0 Å². The molecule has 0 bridgehead atoms. The Balaban J connectivity index is 0.00000243. The Morgan fingerprint density at radius 2 is 2.04 bits per heavy atom. The molecule has 0 amide bonds. The van der Waals surface area contributed by atoms with Crippen molar-refractivity contribution >= 4 is 40.8 Å². The van der Waals surface area contributed by atoms with E-state index in [0.717, 1.165) is 65.2 Å². The summed E-state index contributed by atoms with van der Waals surface area (Å²) in [4.78, 5) is 10.2. The third-order valence-electron chi connectivity index (χ3n) is 4.62. The van der Waals surface area contributed by atoms with Crippen molar-refractivity contribution in [2.24, 2.45) is 10.7 Å². The number of ether oxygens (including phenoxy) is 1. The Morgan fingerprint density at radius 3 is 2.88 bits per heavy atom. The Morgan fingerprint density at radius 1 is 1.23 bits per heavy atom. The molecule has 1 aromatic carbocycles. The van der Waals surface area contributed by atoms with Crippen LogP contribution in [-0.4, -0.2) is 61.8 Å². The number of aryl methyl sites for hydroxylation is 1. The van der Waals surface area contributed by atoms with Gasteiger partial charge in [0.05, 0.1) is 13.2 Å². The number of fused-ring (bicyclic) bond motifs is 1. The number of hydrogen-bond donors (Lipinski definition) is 3. The molecule has 1 fully saturated rings. The van der Waals surface area contributed by atoms with Gasteiger partial charge >= 0.3 is 0 Å². The molecule has 2 heterocycles. The number of rotatable bonds is 8. The standard InChI is InChI=1S/C19H29N5O.HI/c20-19(22-9-4-10-24-11-13-25-14-12-24)21-8-3-5-16-15-23-18-7-2-1-6-17(16)18;/h1-2,6-7,15,23H,3-5,8-14H2,(H3,20,21,22);1H. The van der Waals surface area contributed by atoms with Crippen molar-refractivity contribution in [1.82, 2.24) is 15.2 Å². The third kappa shape index (κ3) is 6.44. The molecular weight excluding hydrogens is 441 g/mol. The second kappa shape index (κ2) is 11.4. The molecule has 7 heteroatoms. The fourth-order valence-corrected chi connectivity index (χ4v) is 3.21. The number of H-pyrrole nitrogens is 1. The molecule has 144 valence electrons. The van der Waals surface area contributed by atoms with Crippen LogP contribution in [0.2, 0.25) is 0 Å². The van der Waals surface area contributed by atoms with E-state index in [-0.39, 0.29) is 24.0 Å². The second-order valence-corrected chi connectivity index (χ2v) is 6.46. The minimum atomic E-state index is 0. The first-order valence-electron chi connectivity index (χ1n) is 9.22. The lowest BCUT2D eigenvalue weighted by Gasteiger charge is -2.26. The zero-order chi connectivity index (χ0) is 17.3. The van der Waals surface area contributed by atoms with Gasteiger partial charge in [0.2, 0.25) is 0 Å². The van der Waals surface area contributed by atoms with Crippen LogP contribution in [0, 0.1) is 0 Å². The van der Waals surface area contributed by atoms with Crippen LogP contribution in [0.5, 0.6) is 0 Å². The smallest absolute Gasteiger partial charge is 0.188 e. The topological polar surface area (TPSA) is 78.7 Å². The largest absolute Gasteiger partial charge is 0.379 e. The van der Waals surface area contributed by atoms with Crippen molar-refractivity contribution < 1.29 is 4.74 Å². The number of nitrogens with zero attached hydrogens (tertiary/aromatic N) is 2. The van der Waals surface area contributed by atoms with Crippen LogP contribution in [0.3, 0.4) is 0 Å². The van der Waals surface area contributed by atoms with E-state index in [1.54, 1.807) is 0 Å².